The van der Waals surface area contributed by atoms with Gasteiger partial charge in [-0.05, 0) is 42.7 Å². The van der Waals surface area contributed by atoms with Crippen molar-refractivity contribution in [1.82, 2.24) is 5.32 Å². The molecule has 0 fully saturated rings. The number of amides is 2. The van der Waals surface area contributed by atoms with Gasteiger partial charge in [-0.3, -0.25) is 9.59 Å². The van der Waals surface area contributed by atoms with Crippen LogP contribution in [0.4, 0.5) is 10.1 Å². The third-order valence-electron chi connectivity index (χ3n) is 4.03. The van der Waals surface area contributed by atoms with Crippen LogP contribution in [0.1, 0.15) is 23.6 Å². The molecule has 0 spiro atoms. The second kappa shape index (κ2) is 8.42. The molecule has 0 bridgehead atoms. The minimum Gasteiger partial charge on any atom is -0.354 e. The van der Waals surface area contributed by atoms with E-state index in [0.717, 1.165) is 22.4 Å². The van der Waals surface area contributed by atoms with Crippen LogP contribution >= 0.6 is 0 Å². The Kier molecular flexibility index (Phi) is 6.28. The highest BCUT2D eigenvalue weighted by Crippen LogP contribution is 2.24. The van der Waals surface area contributed by atoms with E-state index in [1.807, 2.05) is 32.0 Å². The largest absolute Gasteiger partial charge is 0.354 e. The zero-order valence-electron chi connectivity index (χ0n) is 14.8. The molecule has 0 aliphatic carbocycles. The van der Waals surface area contributed by atoms with Crippen LogP contribution in [0.5, 0.6) is 0 Å². The zero-order chi connectivity index (χ0) is 18.4. The molecule has 2 amide bonds. The maximum absolute atomic E-state index is 12.9. The van der Waals surface area contributed by atoms with Crippen LogP contribution in [-0.2, 0) is 16.0 Å². The summed E-state index contributed by atoms with van der Waals surface area (Å²) in [6.45, 7) is 6.20. The molecule has 25 heavy (non-hydrogen) atoms. The average Bonchev–Trinajstić information content (AvgIpc) is 2.55. The number of rotatable bonds is 6. The molecule has 0 saturated carbocycles. The van der Waals surface area contributed by atoms with Gasteiger partial charge in [0.2, 0.25) is 11.8 Å². The van der Waals surface area contributed by atoms with Crippen molar-refractivity contribution in [1.29, 1.82) is 0 Å². The zero-order valence-corrected chi connectivity index (χ0v) is 14.8. The Labute approximate surface area is 147 Å². The van der Waals surface area contributed by atoms with Crippen molar-refractivity contribution >= 4 is 17.5 Å². The molecule has 2 rings (SSSR count). The number of anilines is 1. The van der Waals surface area contributed by atoms with Gasteiger partial charge in [0.15, 0.2) is 0 Å². The molecule has 0 aliphatic heterocycles. The third-order valence-corrected chi connectivity index (χ3v) is 4.03. The van der Waals surface area contributed by atoms with Gasteiger partial charge in [-0.1, -0.05) is 30.3 Å². The molecule has 0 aromatic heterocycles. The summed E-state index contributed by atoms with van der Waals surface area (Å²) < 4.78 is 12.9. The summed E-state index contributed by atoms with van der Waals surface area (Å²) in [6.07, 6.45) is 0.184. The highest BCUT2D eigenvalue weighted by Gasteiger charge is 2.16. The lowest BCUT2D eigenvalue weighted by Crippen LogP contribution is -2.38. The fraction of sp³-hybridized carbons (Fsp3) is 0.300. The summed E-state index contributed by atoms with van der Waals surface area (Å²) in [7, 11) is 0. The van der Waals surface area contributed by atoms with Crippen LogP contribution in [0.2, 0.25) is 0 Å². The molecule has 0 heterocycles. The smallest absolute Gasteiger partial charge is 0.224 e. The summed E-state index contributed by atoms with van der Waals surface area (Å²) in [5, 5.41) is 2.81. The van der Waals surface area contributed by atoms with E-state index in [2.05, 4.69) is 5.32 Å². The first-order valence-electron chi connectivity index (χ1n) is 8.24. The molecule has 0 unspecified atom stereocenters. The summed E-state index contributed by atoms with van der Waals surface area (Å²) in [5.74, 6) is -0.545. The van der Waals surface area contributed by atoms with E-state index in [0.29, 0.717) is 13.1 Å². The van der Waals surface area contributed by atoms with E-state index in [1.54, 1.807) is 17.0 Å². The van der Waals surface area contributed by atoms with Crippen LogP contribution < -0.4 is 10.2 Å². The fourth-order valence-electron chi connectivity index (χ4n) is 2.82. The number of carbonyl (C=O) groups excluding carboxylic acids is 2. The molecule has 2 aromatic carbocycles. The molecule has 1 N–H and O–H groups in total. The van der Waals surface area contributed by atoms with Gasteiger partial charge in [0.05, 0.1) is 6.42 Å². The maximum atomic E-state index is 12.9. The number of nitrogens with one attached hydrogen (secondary N) is 1. The number of carbonyl (C=O) groups is 2. The summed E-state index contributed by atoms with van der Waals surface area (Å²) >= 11 is 0. The van der Waals surface area contributed by atoms with Gasteiger partial charge < -0.3 is 10.2 Å². The molecular weight excluding hydrogens is 319 g/mol. The quantitative estimate of drug-likeness (QED) is 0.877. The molecule has 0 saturated heterocycles. The van der Waals surface area contributed by atoms with Gasteiger partial charge >= 0.3 is 0 Å². The highest BCUT2D eigenvalue weighted by atomic mass is 19.1. The fourth-order valence-corrected chi connectivity index (χ4v) is 2.82. The van der Waals surface area contributed by atoms with Crippen LogP contribution in [-0.4, -0.2) is 24.9 Å². The first-order chi connectivity index (χ1) is 11.9. The number of aryl methyl sites for hydroxylation is 2. The maximum Gasteiger partial charge on any atom is 0.224 e. The van der Waals surface area contributed by atoms with Crippen molar-refractivity contribution in [3.8, 4) is 0 Å². The summed E-state index contributed by atoms with van der Waals surface area (Å²) in [4.78, 5) is 25.7. The van der Waals surface area contributed by atoms with Crippen LogP contribution in [0, 0.1) is 19.7 Å². The Balaban J connectivity index is 1.94. The Morgan fingerprint density at radius 2 is 1.64 bits per heavy atom. The van der Waals surface area contributed by atoms with Crippen molar-refractivity contribution in [2.24, 2.45) is 0 Å². The van der Waals surface area contributed by atoms with Crippen molar-refractivity contribution in [2.75, 3.05) is 18.0 Å². The van der Waals surface area contributed by atoms with Crippen LogP contribution in [0.15, 0.2) is 42.5 Å². The lowest BCUT2D eigenvalue weighted by atomic mass is 10.1. The lowest BCUT2D eigenvalue weighted by molar-refractivity contribution is -0.121. The first kappa shape index (κ1) is 18.6. The molecule has 2 aromatic rings. The number of hydrogen-bond donors (Lipinski definition) is 1. The second-order valence-corrected chi connectivity index (χ2v) is 6.06. The predicted molar refractivity (Wildman–Crippen MR) is 97.1 cm³/mol. The van der Waals surface area contributed by atoms with Crippen molar-refractivity contribution in [3.05, 3.63) is 65.0 Å². The van der Waals surface area contributed by atoms with Gasteiger partial charge in [-0.15, -0.1) is 0 Å². The predicted octanol–water partition coefficient (Wildman–Crippen LogP) is 3.15. The average molecular weight is 342 g/mol. The molecule has 4 nitrogen and oxygen atoms in total. The van der Waals surface area contributed by atoms with Gasteiger partial charge in [-0.25, -0.2) is 4.39 Å². The Morgan fingerprint density at radius 3 is 2.20 bits per heavy atom. The summed E-state index contributed by atoms with van der Waals surface area (Å²) in [5.41, 5.74) is 3.68. The Morgan fingerprint density at radius 1 is 1.04 bits per heavy atom. The van der Waals surface area contributed by atoms with Crippen molar-refractivity contribution in [3.63, 3.8) is 0 Å². The van der Waals surface area contributed by atoms with E-state index in [-0.39, 0.29) is 24.1 Å². The Bertz CT molecular complexity index is 737. The van der Waals surface area contributed by atoms with E-state index >= 15 is 0 Å². The molecule has 5 heteroatoms. The number of halogens is 1. The summed E-state index contributed by atoms with van der Waals surface area (Å²) in [6, 6.07) is 11.7. The number of nitrogens with zero attached hydrogens (tertiary/aromatic N) is 1. The van der Waals surface area contributed by atoms with E-state index in [9.17, 15) is 14.0 Å². The topological polar surface area (TPSA) is 49.4 Å². The normalized spacial score (nSPS) is 10.4. The molecule has 0 atom stereocenters. The molecule has 0 aliphatic rings. The lowest BCUT2D eigenvalue weighted by Gasteiger charge is -2.25. The van der Waals surface area contributed by atoms with Crippen molar-refractivity contribution < 1.29 is 14.0 Å². The number of benzene rings is 2. The second-order valence-electron chi connectivity index (χ2n) is 6.06. The van der Waals surface area contributed by atoms with Crippen molar-refractivity contribution in [2.45, 2.75) is 27.2 Å². The molecular formula is C20H23FN2O2. The van der Waals surface area contributed by atoms with Gasteiger partial charge in [0.25, 0.3) is 0 Å². The van der Waals surface area contributed by atoms with E-state index < -0.39 is 0 Å². The minimum absolute atomic E-state index is 0.0646. The van der Waals surface area contributed by atoms with Gasteiger partial charge in [0, 0.05) is 25.7 Å². The molecule has 132 valence electrons. The Hall–Kier alpha value is -2.69. The number of para-hydroxylation sites is 1. The minimum atomic E-state index is -0.324. The standard InChI is InChI=1S/C20H23FN2O2/c1-14-5-4-6-15(2)20(14)23(16(3)24)12-11-22-19(25)13-17-7-9-18(21)10-8-17/h4-10H,11-13H2,1-3H3,(H,22,25). The highest BCUT2D eigenvalue weighted by molar-refractivity contribution is 5.93. The van der Waals surface area contributed by atoms with E-state index in [4.69, 9.17) is 0 Å². The van der Waals surface area contributed by atoms with Crippen LogP contribution in [0.25, 0.3) is 0 Å². The monoisotopic (exact) mass is 342 g/mol. The van der Waals surface area contributed by atoms with E-state index in [1.165, 1.54) is 19.1 Å². The van der Waals surface area contributed by atoms with Gasteiger partial charge in [-0.2, -0.15) is 0 Å². The molecule has 0 radical (unpaired) electrons. The number of hydrogen-bond acceptors (Lipinski definition) is 2. The SMILES string of the molecule is CC(=O)N(CCNC(=O)Cc1ccc(F)cc1)c1c(C)cccc1C. The van der Waals surface area contributed by atoms with Gasteiger partial charge in [0.1, 0.15) is 5.82 Å². The first-order valence-corrected chi connectivity index (χ1v) is 8.24. The van der Waals surface area contributed by atoms with Crippen LogP contribution in [0.3, 0.4) is 0 Å². The third kappa shape index (κ3) is 5.14.